The summed E-state index contributed by atoms with van der Waals surface area (Å²) in [6.07, 6.45) is 0.989. The van der Waals surface area contributed by atoms with E-state index in [-0.39, 0.29) is 21.6 Å². The third-order valence-electron chi connectivity index (χ3n) is 3.44. The molecule has 0 aromatic heterocycles. The molecule has 1 aromatic carbocycles. The molecule has 0 saturated carbocycles. The van der Waals surface area contributed by atoms with Crippen molar-refractivity contribution >= 4 is 31.6 Å². The van der Waals surface area contributed by atoms with E-state index in [4.69, 9.17) is 5.73 Å². The molecule has 0 aliphatic heterocycles. The van der Waals surface area contributed by atoms with E-state index in [1.54, 1.807) is 0 Å². The van der Waals surface area contributed by atoms with Crippen LogP contribution in [0.15, 0.2) is 21.5 Å². The van der Waals surface area contributed by atoms with Crippen LogP contribution in [0.1, 0.15) is 20.3 Å². The highest BCUT2D eigenvalue weighted by molar-refractivity contribution is 9.10. The summed E-state index contributed by atoms with van der Waals surface area (Å²) in [6.45, 7) is 5.00. The first-order valence-electron chi connectivity index (χ1n) is 6.63. The number of nitrogens with one attached hydrogen (secondary N) is 1. The fourth-order valence-corrected chi connectivity index (χ4v) is 3.78. The van der Waals surface area contributed by atoms with E-state index in [9.17, 15) is 12.8 Å². The van der Waals surface area contributed by atoms with E-state index in [1.807, 2.05) is 7.05 Å². The predicted octanol–water partition coefficient (Wildman–Crippen LogP) is 2.18. The van der Waals surface area contributed by atoms with Gasteiger partial charge in [0.05, 0.1) is 10.6 Å². The largest absolute Gasteiger partial charge is 0.396 e. The van der Waals surface area contributed by atoms with Gasteiger partial charge < -0.3 is 10.6 Å². The van der Waals surface area contributed by atoms with Crippen molar-refractivity contribution in [2.24, 2.45) is 0 Å². The number of nitrogen functional groups attached to an aromatic ring is 1. The van der Waals surface area contributed by atoms with Crippen LogP contribution < -0.4 is 10.5 Å². The number of rotatable bonds is 7. The summed E-state index contributed by atoms with van der Waals surface area (Å²) in [6, 6.07) is 2.54. The third kappa shape index (κ3) is 4.91. The molecule has 0 heterocycles. The van der Waals surface area contributed by atoms with Crippen LogP contribution in [0.5, 0.6) is 0 Å². The number of hydrogen-bond acceptors (Lipinski definition) is 4. The lowest BCUT2D eigenvalue weighted by Gasteiger charge is -2.23. The number of anilines is 1. The van der Waals surface area contributed by atoms with Crippen molar-refractivity contribution in [3.05, 3.63) is 22.4 Å². The van der Waals surface area contributed by atoms with Crippen LogP contribution in [0.25, 0.3) is 0 Å². The summed E-state index contributed by atoms with van der Waals surface area (Å²) in [5, 5.41) is 0. The minimum atomic E-state index is -3.73. The van der Waals surface area contributed by atoms with Gasteiger partial charge in [-0.25, -0.2) is 17.5 Å². The van der Waals surface area contributed by atoms with Gasteiger partial charge in [-0.05, 0) is 48.5 Å². The van der Waals surface area contributed by atoms with E-state index in [0.717, 1.165) is 18.6 Å². The molecule has 0 aliphatic carbocycles. The smallest absolute Gasteiger partial charge is 0.241 e. The summed E-state index contributed by atoms with van der Waals surface area (Å²) in [5.41, 5.74) is 5.23. The number of hydrogen-bond donors (Lipinski definition) is 2. The Balaban J connectivity index is 2.77. The number of nitrogens with two attached hydrogens (primary N) is 1. The van der Waals surface area contributed by atoms with Crippen molar-refractivity contribution in [1.29, 1.82) is 0 Å². The quantitative estimate of drug-likeness (QED) is 0.709. The van der Waals surface area contributed by atoms with Gasteiger partial charge in [0, 0.05) is 23.6 Å². The van der Waals surface area contributed by atoms with E-state index in [1.165, 1.54) is 0 Å². The first-order chi connectivity index (χ1) is 9.69. The van der Waals surface area contributed by atoms with Gasteiger partial charge in [-0.1, -0.05) is 6.92 Å². The predicted molar refractivity (Wildman–Crippen MR) is 86.1 cm³/mol. The van der Waals surface area contributed by atoms with Crippen molar-refractivity contribution in [3.63, 3.8) is 0 Å². The van der Waals surface area contributed by atoms with Gasteiger partial charge in [0.15, 0.2) is 0 Å². The normalized spacial score (nSPS) is 13.6. The van der Waals surface area contributed by atoms with Crippen LogP contribution in [0.4, 0.5) is 10.1 Å². The first-order valence-corrected chi connectivity index (χ1v) is 8.91. The van der Waals surface area contributed by atoms with E-state index >= 15 is 0 Å². The van der Waals surface area contributed by atoms with Gasteiger partial charge in [-0.2, -0.15) is 0 Å². The average molecular weight is 382 g/mol. The van der Waals surface area contributed by atoms with Crippen molar-refractivity contribution in [3.8, 4) is 0 Å². The van der Waals surface area contributed by atoms with Gasteiger partial charge in [0.2, 0.25) is 10.0 Å². The number of benzene rings is 1. The minimum Gasteiger partial charge on any atom is -0.396 e. The van der Waals surface area contributed by atoms with Crippen LogP contribution in [0.3, 0.4) is 0 Å². The number of likely N-dealkylation sites (N-methyl/N-ethyl adjacent to an activating group) is 1. The highest BCUT2D eigenvalue weighted by Crippen LogP contribution is 2.26. The van der Waals surface area contributed by atoms with Crippen molar-refractivity contribution in [2.45, 2.75) is 31.2 Å². The van der Waals surface area contributed by atoms with E-state index in [2.05, 4.69) is 39.4 Å². The molecule has 1 rings (SSSR count). The zero-order valence-electron chi connectivity index (χ0n) is 12.4. The Hall–Kier alpha value is -0.700. The van der Waals surface area contributed by atoms with Gasteiger partial charge in [-0.3, -0.25) is 0 Å². The SMILES string of the molecule is CCC(C)N(C)CCNS(=O)(=O)c1cc(N)c(F)cc1Br. The maximum atomic E-state index is 13.3. The summed E-state index contributed by atoms with van der Waals surface area (Å²) in [7, 11) is -1.79. The molecule has 8 heteroatoms. The molecule has 5 nitrogen and oxygen atoms in total. The molecule has 0 aliphatic rings. The van der Waals surface area contributed by atoms with Crippen LogP contribution in [0.2, 0.25) is 0 Å². The maximum Gasteiger partial charge on any atom is 0.241 e. The van der Waals surface area contributed by atoms with Crippen LogP contribution in [0, 0.1) is 5.82 Å². The fourth-order valence-electron chi connectivity index (χ4n) is 1.72. The Morgan fingerprint density at radius 1 is 1.48 bits per heavy atom. The number of halogens is 2. The molecule has 0 fully saturated rings. The zero-order chi connectivity index (χ0) is 16.2. The molecule has 0 radical (unpaired) electrons. The summed E-state index contributed by atoms with van der Waals surface area (Å²) in [5.74, 6) is -0.655. The molecule has 1 atom stereocenters. The molecular weight excluding hydrogens is 361 g/mol. The zero-order valence-corrected chi connectivity index (χ0v) is 14.8. The second kappa shape index (κ2) is 7.53. The van der Waals surface area contributed by atoms with E-state index < -0.39 is 15.8 Å². The Labute approximate surface area is 133 Å². The molecule has 0 spiro atoms. The Bertz CT molecular complexity index is 595. The lowest BCUT2D eigenvalue weighted by atomic mass is 10.2. The van der Waals surface area contributed by atoms with E-state index in [0.29, 0.717) is 12.6 Å². The van der Waals surface area contributed by atoms with Gasteiger partial charge in [0.25, 0.3) is 0 Å². The Morgan fingerprint density at radius 2 is 2.10 bits per heavy atom. The maximum absolute atomic E-state index is 13.3. The second-order valence-corrected chi connectivity index (χ2v) is 7.53. The number of nitrogens with zero attached hydrogens (tertiary/aromatic N) is 1. The van der Waals surface area contributed by atoms with Crippen molar-refractivity contribution < 1.29 is 12.8 Å². The van der Waals surface area contributed by atoms with Crippen LogP contribution >= 0.6 is 15.9 Å². The summed E-state index contributed by atoms with van der Waals surface area (Å²) in [4.78, 5) is 2.00. The van der Waals surface area contributed by atoms with Crippen LogP contribution in [-0.2, 0) is 10.0 Å². The monoisotopic (exact) mass is 381 g/mol. The molecule has 0 amide bonds. The Morgan fingerprint density at radius 3 is 2.67 bits per heavy atom. The molecule has 1 aromatic rings. The highest BCUT2D eigenvalue weighted by Gasteiger charge is 2.19. The second-order valence-electron chi connectivity index (χ2n) is 4.94. The molecule has 0 bridgehead atoms. The lowest BCUT2D eigenvalue weighted by Crippen LogP contribution is -2.37. The van der Waals surface area contributed by atoms with Crippen LogP contribution in [-0.4, -0.2) is 39.5 Å². The fraction of sp³-hybridized carbons (Fsp3) is 0.538. The highest BCUT2D eigenvalue weighted by atomic mass is 79.9. The molecule has 1 unspecified atom stereocenters. The van der Waals surface area contributed by atoms with Crippen molar-refractivity contribution in [1.82, 2.24) is 9.62 Å². The van der Waals surface area contributed by atoms with Gasteiger partial charge in [-0.15, -0.1) is 0 Å². The topological polar surface area (TPSA) is 75.4 Å². The lowest BCUT2D eigenvalue weighted by molar-refractivity contribution is 0.256. The van der Waals surface area contributed by atoms with Gasteiger partial charge >= 0.3 is 0 Å². The molecule has 120 valence electrons. The Kier molecular flexibility index (Phi) is 6.58. The molecular formula is C13H21BrFN3O2S. The molecule has 21 heavy (non-hydrogen) atoms. The number of sulfonamides is 1. The first kappa shape index (κ1) is 18.3. The van der Waals surface area contributed by atoms with Gasteiger partial charge in [0.1, 0.15) is 5.82 Å². The van der Waals surface area contributed by atoms with Crippen molar-refractivity contribution in [2.75, 3.05) is 25.9 Å². The standard InChI is InChI=1S/C13H21BrFN3O2S/c1-4-9(2)18(3)6-5-17-21(19,20)13-8-12(16)11(15)7-10(13)14/h7-9,17H,4-6,16H2,1-3H3. The summed E-state index contributed by atoms with van der Waals surface area (Å²) >= 11 is 3.05. The molecule has 3 N–H and O–H groups in total. The third-order valence-corrected chi connectivity index (χ3v) is 5.86. The average Bonchev–Trinajstić information content (AvgIpc) is 2.41. The minimum absolute atomic E-state index is 0.0624. The summed E-state index contributed by atoms with van der Waals surface area (Å²) < 4.78 is 40.3. The molecule has 0 saturated heterocycles.